The first kappa shape index (κ1) is 8.74. The van der Waals surface area contributed by atoms with Crippen LogP contribution < -0.4 is 0 Å². The van der Waals surface area contributed by atoms with E-state index >= 15 is 0 Å². The van der Waals surface area contributed by atoms with Gasteiger partial charge in [-0.3, -0.25) is 4.79 Å². The Kier molecular flexibility index (Phi) is 1.96. The number of aliphatic carboxylic acids is 1. The van der Waals surface area contributed by atoms with Crippen LogP contribution in [0, 0.1) is 0 Å². The fourth-order valence-corrected chi connectivity index (χ4v) is 1.60. The van der Waals surface area contributed by atoms with Gasteiger partial charge in [-0.25, -0.2) is 4.98 Å². The molecule has 4 heteroatoms. The van der Waals surface area contributed by atoms with Gasteiger partial charge >= 0.3 is 5.97 Å². The Morgan fingerprint density at radius 2 is 2.43 bits per heavy atom. The molecule has 0 aliphatic heterocycles. The van der Waals surface area contributed by atoms with Crippen LogP contribution in [-0.4, -0.2) is 20.6 Å². The zero-order valence-corrected chi connectivity index (χ0v) is 7.77. The summed E-state index contributed by atoms with van der Waals surface area (Å²) in [5.41, 5.74) is 1.63. The largest absolute Gasteiger partial charge is 0.481 e. The van der Waals surface area contributed by atoms with E-state index in [2.05, 4.69) is 4.98 Å². The van der Waals surface area contributed by atoms with Crippen LogP contribution in [0.3, 0.4) is 0 Å². The lowest BCUT2D eigenvalue weighted by Crippen LogP contribution is -1.98. The summed E-state index contributed by atoms with van der Waals surface area (Å²) in [5.74, 6) is -0.818. The van der Waals surface area contributed by atoms with E-state index in [0.717, 1.165) is 16.6 Å². The summed E-state index contributed by atoms with van der Waals surface area (Å²) in [4.78, 5) is 14.8. The van der Waals surface area contributed by atoms with Gasteiger partial charge in [0, 0.05) is 24.8 Å². The molecule has 2 aromatic heterocycles. The fraction of sp³-hybridized carbons (Fsp3) is 0.200. The summed E-state index contributed by atoms with van der Waals surface area (Å²) in [6.45, 7) is 0. The Morgan fingerprint density at radius 3 is 3.14 bits per heavy atom. The van der Waals surface area contributed by atoms with Crippen molar-refractivity contribution < 1.29 is 9.90 Å². The molecule has 0 aromatic carbocycles. The molecule has 72 valence electrons. The van der Waals surface area contributed by atoms with Crippen LogP contribution in [0.5, 0.6) is 0 Å². The SMILES string of the molecule is Cn1cc(CC(=O)O)c2cccnc21. The smallest absolute Gasteiger partial charge is 0.307 e. The van der Waals surface area contributed by atoms with Crippen molar-refractivity contribution in [3.8, 4) is 0 Å². The molecule has 0 saturated carbocycles. The van der Waals surface area contributed by atoms with Gasteiger partial charge in [-0.05, 0) is 17.7 Å². The maximum Gasteiger partial charge on any atom is 0.307 e. The normalized spacial score (nSPS) is 10.6. The van der Waals surface area contributed by atoms with Gasteiger partial charge in [-0.15, -0.1) is 0 Å². The molecular weight excluding hydrogens is 180 g/mol. The molecule has 0 bridgehead atoms. The monoisotopic (exact) mass is 190 g/mol. The zero-order valence-electron chi connectivity index (χ0n) is 7.77. The predicted octanol–water partition coefficient (Wildman–Crippen LogP) is 1.20. The number of hydrogen-bond donors (Lipinski definition) is 1. The van der Waals surface area contributed by atoms with E-state index < -0.39 is 5.97 Å². The first-order chi connectivity index (χ1) is 6.68. The number of aryl methyl sites for hydroxylation is 1. The second kappa shape index (κ2) is 3.14. The average molecular weight is 190 g/mol. The van der Waals surface area contributed by atoms with E-state index in [9.17, 15) is 4.79 Å². The molecule has 0 amide bonds. The van der Waals surface area contributed by atoms with Crippen LogP contribution in [0.2, 0.25) is 0 Å². The number of nitrogens with zero attached hydrogens (tertiary/aromatic N) is 2. The van der Waals surface area contributed by atoms with Crippen molar-refractivity contribution >= 4 is 17.0 Å². The van der Waals surface area contributed by atoms with E-state index in [4.69, 9.17) is 5.11 Å². The number of carbonyl (C=O) groups is 1. The lowest BCUT2D eigenvalue weighted by atomic mass is 10.2. The number of aromatic nitrogens is 2. The molecule has 0 unspecified atom stereocenters. The highest BCUT2D eigenvalue weighted by molar-refractivity contribution is 5.84. The highest BCUT2D eigenvalue weighted by Crippen LogP contribution is 2.18. The Bertz CT molecular complexity index is 488. The van der Waals surface area contributed by atoms with Crippen molar-refractivity contribution in [1.29, 1.82) is 0 Å². The molecule has 1 N–H and O–H groups in total. The second-order valence-electron chi connectivity index (χ2n) is 3.21. The molecule has 0 saturated heterocycles. The summed E-state index contributed by atoms with van der Waals surface area (Å²) in [5, 5.41) is 9.62. The van der Waals surface area contributed by atoms with Crippen molar-refractivity contribution in [2.24, 2.45) is 7.05 Å². The van der Waals surface area contributed by atoms with E-state index in [0.29, 0.717) is 0 Å². The van der Waals surface area contributed by atoms with Crippen molar-refractivity contribution in [2.75, 3.05) is 0 Å². The topological polar surface area (TPSA) is 55.1 Å². The summed E-state index contributed by atoms with van der Waals surface area (Å²) in [6, 6.07) is 3.70. The number of rotatable bonds is 2. The molecule has 4 nitrogen and oxygen atoms in total. The number of carboxylic acid groups (broad SMARTS) is 1. The Morgan fingerprint density at radius 1 is 1.64 bits per heavy atom. The zero-order chi connectivity index (χ0) is 10.1. The van der Waals surface area contributed by atoms with Crippen LogP contribution in [-0.2, 0) is 18.3 Å². The van der Waals surface area contributed by atoms with E-state index in [1.165, 1.54) is 0 Å². The second-order valence-corrected chi connectivity index (χ2v) is 3.21. The number of hydrogen-bond acceptors (Lipinski definition) is 2. The Labute approximate surface area is 80.8 Å². The predicted molar refractivity (Wildman–Crippen MR) is 52.1 cm³/mol. The van der Waals surface area contributed by atoms with Crippen molar-refractivity contribution in [2.45, 2.75) is 6.42 Å². The fourth-order valence-electron chi connectivity index (χ4n) is 1.60. The van der Waals surface area contributed by atoms with Gasteiger partial charge in [0.25, 0.3) is 0 Å². The molecule has 0 radical (unpaired) electrons. The standard InChI is InChI=1S/C10H10N2O2/c1-12-6-7(5-9(13)14)8-3-2-4-11-10(8)12/h2-4,6H,5H2,1H3,(H,13,14). The molecule has 2 heterocycles. The van der Waals surface area contributed by atoms with E-state index in [1.54, 1.807) is 6.20 Å². The molecule has 0 aliphatic carbocycles. The molecular formula is C10H10N2O2. The van der Waals surface area contributed by atoms with Crippen molar-refractivity contribution in [3.63, 3.8) is 0 Å². The van der Waals surface area contributed by atoms with Gasteiger partial charge in [-0.1, -0.05) is 0 Å². The maximum absolute atomic E-state index is 10.6. The molecule has 14 heavy (non-hydrogen) atoms. The van der Waals surface area contributed by atoms with E-state index in [1.807, 2.05) is 29.9 Å². The van der Waals surface area contributed by atoms with Crippen LogP contribution in [0.4, 0.5) is 0 Å². The summed E-state index contributed by atoms with van der Waals surface area (Å²) < 4.78 is 1.84. The minimum Gasteiger partial charge on any atom is -0.481 e. The molecule has 2 rings (SSSR count). The van der Waals surface area contributed by atoms with Crippen LogP contribution >= 0.6 is 0 Å². The first-order valence-electron chi connectivity index (χ1n) is 4.29. The van der Waals surface area contributed by atoms with Gasteiger partial charge < -0.3 is 9.67 Å². The van der Waals surface area contributed by atoms with Gasteiger partial charge in [0.05, 0.1) is 6.42 Å². The molecule has 0 aliphatic rings. The third-order valence-electron chi connectivity index (χ3n) is 2.16. The molecule has 0 spiro atoms. The van der Waals surface area contributed by atoms with Crippen LogP contribution in [0.1, 0.15) is 5.56 Å². The minimum absolute atomic E-state index is 0.0447. The van der Waals surface area contributed by atoms with Gasteiger partial charge in [0.1, 0.15) is 5.65 Å². The third-order valence-corrected chi connectivity index (χ3v) is 2.16. The lowest BCUT2D eigenvalue weighted by Gasteiger charge is -1.92. The summed E-state index contributed by atoms with van der Waals surface area (Å²) in [6.07, 6.45) is 3.56. The minimum atomic E-state index is -0.818. The van der Waals surface area contributed by atoms with Gasteiger partial charge in [-0.2, -0.15) is 0 Å². The summed E-state index contributed by atoms with van der Waals surface area (Å²) >= 11 is 0. The first-order valence-corrected chi connectivity index (χ1v) is 4.29. The summed E-state index contributed by atoms with van der Waals surface area (Å²) in [7, 11) is 1.86. The maximum atomic E-state index is 10.6. The molecule has 0 atom stereocenters. The number of pyridine rings is 1. The van der Waals surface area contributed by atoms with Crippen molar-refractivity contribution in [3.05, 3.63) is 30.1 Å². The lowest BCUT2D eigenvalue weighted by molar-refractivity contribution is -0.136. The molecule has 2 aromatic rings. The number of fused-ring (bicyclic) bond motifs is 1. The Balaban J connectivity index is 2.60. The van der Waals surface area contributed by atoms with Crippen molar-refractivity contribution in [1.82, 2.24) is 9.55 Å². The van der Waals surface area contributed by atoms with E-state index in [-0.39, 0.29) is 6.42 Å². The molecule has 0 fully saturated rings. The van der Waals surface area contributed by atoms with Gasteiger partial charge in [0.2, 0.25) is 0 Å². The quantitative estimate of drug-likeness (QED) is 0.774. The Hall–Kier alpha value is -1.84. The number of carboxylic acids is 1. The highest BCUT2D eigenvalue weighted by atomic mass is 16.4. The average Bonchev–Trinajstić information content (AvgIpc) is 2.44. The highest BCUT2D eigenvalue weighted by Gasteiger charge is 2.09. The third kappa shape index (κ3) is 1.35. The van der Waals surface area contributed by atoms with Crippen LogP contribution in [0.25, 0.3) is 11.0 Å². The van der Waals surface area contributed by atoms with Gasteiger partial charge in [0.15, 0.2) is 0 Å². The van der Waals surface area contributed by atoms with Crippen LogP contribution in [0.15, 0.2) is 24.5 Å².